The summed E-state index contributed by atoms with van der Waals surface area (Å²) in [4.78, 5) is 22.9. The van der Waals surface area contributed by atoms with E-state index < -0.39 is 0 Å². The lowest BCUT2D eigenvalue weighted by Gasteiger charge is -2.10. The van der Waals surface area contributed by atoms with Gasteiger partial charge in [0.15, 0.2) is 5.78 Å². The fourth-order valence-electron chi connectivity index (χ4n) is 2.19. The van der Waals surface area contributed by atoms with Crippen LogP contribution in [0.2, 0.25) is 0 Å². The highest BCUT2D eigenvalue weighted by Gasteiger charge is 2.21. The molecule has 20 heavy (non-hydrogen) atoms. The van der Waals surface area contributed by atoms with Crippen molar-refractivity contribution in [3.05, 3.63) is 26.8 Å². The van der Waals surface area contributed by atoms with Gasteiger partial charge in [0.1, 0.15) is 5.75 Å². The van der Waals surface area contributed by atoms with Crippen molar-refractivity contribution in [3.8, 4) is 5.75 Å². The van der Waals surface area contributed by atoms with Crippen LogP contribution >= 0.6 is 22.6 Å². The molecule has 4 nitrogen and oxygen atoms in total. The fraction of sp³-hybridized carbons (Fsp3) is 0.467. The topological polar surface area (TPSA) is 52.6 Å². The van der Waals surface area contributed by atoms with Crippen molar-refractivity contribution in [2.24, 2.45) is 0 Å². The molecular weight excluding hydrogens is 371 g/mol. The molecule has 5 heteroatoms. The third kappa shape index (κ3) is 3.71. The second kappa shape index (κ2) is 7.06. The van der Waals surface area contributed by atoms with Crippen LogP contribution in [0.4, 0.5) is 0 Å². The van der Waals surface area contributed by atoms with Crippen LogP contribution in [0.25, 0.3) is 0 Å². The molecule has 0 amide bonds. The molecule has 1 aliphatic rings. The molecule has 0 radical (unpaired) electrons. The third-order valence-corrected chi connectivity index (χ3v) is 4.01. The van der Waals surface area contributed by atoms with Crippen molar-refractivity contribution in [1.29, 1.82) is 0 Å². The van der Waals surface area contributed by atoms with Crippen molar-refractivity contribution in [2.45, 2.75) is 32.6 Å². The van der Waals surface area contributed by atoms with Gasteiger partial charge in [-0.25, -0.2) is 0 Å². The molecular formula is C15H17IO4. The summed E-state index contributed by atoms with van der Waals surface area (Å²) in [6.07, 6.45) is 2.39. The van der Waals surface area contributed by atoms with Gasteiger partial charge in [-0.3, -0.25) is 9.59 Å². The molecule has 0 heterocycles. The molecule has 0 aliphatic heterocycles. The molecule has 0 saturated heterocycles. The first kappa shape index (κ1) is 15.3. The molecule has 2 rings (SSSR count). The van der Waals surface area contributed by atoms with Crippen molar-refractivity contribution < 1.29 is 19.1 Å². The fourth-order valence-corrected chi connectivity index (χ4v) is 2.87. The summed E-state index contributed by atoms with van der Waals surface area (Å²) >= 11 is 2.21. The Bertz CT molecular complexity index is 525. The van der Waals surface area contributed by atoms with Crippen LogP contribution in [0.5, 0.6) is 5.75 Å². The van der Waals surface area contributed by atoms with Gasteiger partial charge in [0.25, 0.3) is 0 Å². The maximum Gasteiger partial charge on any atom is 0.305 e. The number of aryl methyl sites for hydroxylation is 1. The Morgan fingerprint density at radius 2 is 2.15 bits per heavy atom. The summed E-state index contributed by atoms with van der Waals surface area (Å²) in [5, 5.41) is 0. The number of carbonyl (C=O) groups is 2. The van der Waals surface area contributed by atoms with Gasteiger partial charge in [0.2, 0.25) is 0 Å². The Labute approximate surface area is 132 Å². The summed E-state index contributed by atoms with van der Waals surface area (Å²) in [5.41, 5.74) is 1.89. The maximum absolute atomic E-state index is 11.7. The number of hydrogen-bond acceptors (Lipinski definition) is 4. The number of Topliss-reactive ketones (excluding diaryl/α,β-unsaturated/α-hetero) is 1. The Hall–Kier alpha value is -1.11. The number of carbonyl (C=O) groups excluding carboxylic acids is 2. The molecule has 0 aromatic heterocycles. The third-order valence-electron chi connectivity index (χ3n) is 3.17. The average Bonchev–Trinajstić information content (AvgIpc) is 2.76. The van der Waals surface area contributed by atoms with Crippen molar-refractivity contribution in [1.82, 2.24) is 0 Å². The molecule has 0 bridgehead atoms. The minimum absolute atomic E-state index is 0.188. The predicted molar refractivity (Wildman–Crippen MR) is 83.2 cm³/mol. The highest BCUT2D eigenvalue weighted by Crippen LogP contribution is 2.30. The minimum Gasteiger partial charge on any atom is -0.492 e. The lowest BCUT2D eigenvalue weighted by molar-refractivity contribution is -0.143. The van der Waals surface area contributed by atoms with Gasteiger partial charge in [-0.05, 0) is 60.1 Å². The first-order chi connectivity index (χ1) is 9.61. The van der Waals surface area contributed by atoms with Crippen LogP contribution in [0.15, 0.2) is 12.1 Å². The van der Waals surface area contributed by atoms with Crippen LogP contribution in [-0.2, 0) is 16.0 Å². The quantitative estimate of drug-likeness (QED) is 0.427. The zero-order valence-corrected chi connectivity index (χ0v) is 13.6. The predicted octanol–water partition coefficient (Wildman–Crippen LogP) is 3.14. The van der Waals surface area contributed by atoms with E-state index in [4.69, 9.17) is 9.47 Å². The molecule has 0 N–H and O–H groups in total. The first-order valence-electron chi connectivity index (χ1n) is 6.76. The standard InChI is InChI=1S/C15H17IO4/c1-2-19-15(18)4-3-7-20-14-9-11-10(8-12(14)16)5-6-13(11)17/h8-9H,2-7H2,1H3. The van der Waals surface area contributed by atoms with Gasteiger partial charge >= 0.3 is 5.97 Å². The second-order valence-corrected chi connectivity index (χ2v) is 5.78. The van der Waals surface area contributed by atoms with Crippen molar-refractivity contribution >= 4 is 34.3 Å². The van der Waals surface area contributed by atoms with E-state index in [1.54, 1.807) is 6.92 Å². The van der Waals surface area contributed by atoms with Crippen LogP contribution < -0.4 is 4.74 Å². The summed E-state index contributed by atoms with van der Waals surface area (Å²) < 4.78 is 11.5. The molecule has 0 unspecified atom stereocenters. The molecule has 0 saturated carbocycles. The zero-order valence-electron chi connectivity index (χ0n) is 11.4. The average molecular weight is 388 g/mol. The Kier molecular flexibility index (Phi) is 5.39. The Morgan fingerprint density at radius 1 is 1.35 bits per heavy atom. The van der Waals surface area contributed by atoms with Gasteiger partial charge in [0.05, 0.1) is 16.8 Å². The summed E-state index contributed by atoms with van der Waals surface area (Å²) in [7, 11) is 0. The number of halogens is 1. The monoisotopic (exact) mass is 388 g/mol. The van der Waals surface area contributed by atoms with Crippen LogP contribution in [0, 0.1) is 3.57 Å². The summed E-state index contributed by atoms with van der Waals surface area (Å²) in [6, 6.07) is 3.85. The van der Waals surface area contributed by atoms with E-state index >= 15 is 0 Å². The number of esters is 1. The van der Waals surface area contributed by atoms with E-state index in [0.717, 1.165) is 26.9 Å². The van der Waals surface area contributed by atoms with E-state index in [0.29, 0.717) is 32.5 Å². The SMILES string of the molecule is CCOC(=O)CCCOc1cc2c(cc1I)CCC2=O. The largest absolute Gasteiger partial charge is 0.492 e. The molecule has 1 aromatic carbocycles. The molecule has 0 spiro atoms. The maximum atomic E-state index is 11.7. The molecule has 1 aliphatic carbocycles. The van der Waals surface area contributed by atoms with Gasteiger partial charge in [-0.15, -0.1) is 0 Å². The normalized spacial score (nSPS) is 13.2. The lowest BCUT2D eigenvalue weighted by atomic mass is 10.1. The lowest BCUT2D eigenvalue weighted by Crippen LogP contribution is -2.07. The van der Waals surface area contributed by atoms with Gasteiger partial charge < -0.3 is 9.47 Å². The van der Waals surface area contributed by atoms with E-state index in [1.807, 2.05) is 12.1 Å². The van der Waals surface area contributed by atoms with Crippen LogP contribution in [0.3, 0.4) is 0 Å². The highest BCUT2D eigenvalue weighted by atomic mass is 127. The molecule has 1 aromatic rings. The van der Waals surface area contributed by atoms with E-state index in [9.17, 15) is 9.59 Å². The number of fused-ring (bicyclic) bond motifs is 1. The Balaban J connectivity index is 1.89. The number of hydrogen-bond donors (Lipinski definition) is 0. The van der Waals surface area contributed by atoms with Crippen LogP contribution in [-0.4, -0.2) is 25.0 Å². The van der Waals surface area contributed by atoms with E-state index in [-0.39, 0.29) is 11.8 Å². The van der Waals surface area contributed by atoms with Gasteiger partial charge in [-0.2, -0.15) is 0 Å². The zero-order chi connectivity index (χ0) is 14.5. The second-order valence-electron chi connectivity index (χ2n) is 4.62. The smallest absolute Gasteiger partial charge is 0.305 e. The van der Waals surface area contributed by atoms with Crippen molar-refractivity contribution in [3.63, 3.8) is 0 Å². The van der Waals surface area contributed by atoms with Gasteiger partial charge in [-0.1, -0.05) is 0 Å². The molecule has 0 fully saturated rings. The Morgan fingerprint density at radius 3 is 2.90 bits per heavy atom. The van der Waals surface area contributed by atoms with Crippen LogP contribution in [0.1, 0.15) is 42.1 Å². The number of benzene rings is 1. The number of ketones is 1. The molecule has 108 valence electrons. The summed E-state index contributed by atoms with van der Waals surface area (Å²) in [6.45, 7) is 2.64. The highest BCUT2D eigenvalue weighted by molar-refractivity contribution is 14.1. The van der Waals surface area contributed by atoms with E-state index in [2.05, 4.69) is 22.6 Å². The summed E-state index contributed by atoms with van der Waals surface area (Å²) in [5.74, 6) is 0.714. The number of rotatable bonds is 6. The minimum atomic E-state index is -0.199. The molecule has 0 atom stereocenters. The van der Waals surface area contributed by atoms with E-state index in [1.165, 1.54) is 0 Å². The van der Waals surface area contributed by atoms with Gasteiger partial charge in [0, 0.05) is 18.4 Å². The van der Waals surface area contributed by atoms with Crippen molar-refractivity contribution in [2.75, 3.05) is 13.2 Å². The first-order valence-corrected chi connectivity index (χ1v) is 7.83. The number of ether oxygens (including phenoxy) is 2.